The third-order valence-corrected chi connectivity index (χ3v) is 7.94. The summed E-state index contributed by atoms with van der Waals surface area (Å²) in [6.07, 6.45) is 0. The van der Waals surface area contributed by atoms with E-state index < -0.39 is 0 Å². The Morgan fingerprint density at radius 2 is 0.884 bits per heavy atom. The number of furan rings is 1. The van der Waals surface area contributed by atoms with Gasteiger partial charge in [-0.2, -0.15) is 0 Å². The van der Waals surface area contributed by atoms with Gasteiger partial charge in [0, 0.05) is 27.5 Å². The molecule has 0 fully saturated rings. The first-order chi connectivity index (χ1) is 21.3. The Balaban J connectivity index is 1.28. The molecule has 0 saturated heterocycles. The molecule has 8 rings (SSSR count). The second-order valence-corrected chi connectivity index (χ2v) is 10.6. The third kappa shape index (κ3) is 4.67. The molecule has 0 radical (unpaired) electrons. The van der Waals surface area contributed by atoms with Crippen LogP contribution in [0.15, 0.2) is 162 Å². The highest BCUT2D eigenvalue weighted by molar-refractivity contribution is 6.09. The summed E-state index contributed by atoms with van der Waals surface area (Å²) in [5.41, 5.74) is 11.0. The van der Waals surface area contributed by atoms with Gasteiger partial charge in [0.2, 0.25) is 0 Å². The Labute approximate surface area is 249 Å². The summed E-state index contributed by atoms with van der Waals surface area (Å²) in [4.78, 5) is 10.2. The number of aromatic nitrogens is 2. The number of hydrogen-bond donors (Lipinski definition) is 0. The van der Waals surface area contributed by atoms with Crippen LogP contribution in [0.3, 0.4) is 0 Å². The first-order valence-electron chi connectivity index (χ1n) is 14.4. The minimum absolute atomic E-state index is 0.673. The summed E-state index contributed by atoms with van der Waals surface area (Å²) in [5, 5.41) is 2.18. The fraction of sp³-hybridized carbons (Fsp3) is 0. The van der Waals surface area contributed by atoms with Crippen LogP contribution >= 0.6 is 0 Å². The van der Waals surface area contributed by atoms with Gasteiger partial charge in [0.05, 0.1) is 11.4 Å². The molecule has 43 heavy (non-hydrogen) atoms. The largest absolute Gasteiger partial charge is 0.455 e. The molecule has 202 valence electrons. The van der Waals surface area contributed by atoms with Gasteiger partial charge in [0.25, 0.3) is 0 Å². The molecule has 0 aliphatic rings. The van der Waals surface area contributed by atoms with Crippen molar-refractivity contribution in [2.24, 2.45) is 0 Å². The lowest BCUT2D eigenvalue weighted by Crippen LogP contribution is -1.96. The van der Waals surface area contributed by atoms with Crippen molar-refractivity contribution < 1.29 is 4.42 Å². The fourth-order valence-electron chi connectivity index (χ4n) is 5.72. The van der Waals surface area contributed by atoms with Crippen LogP contribution in [0.5, 0.6) is 0 Å². The molecule has 6 aromatic carbocycles. The normalized spacial score (nSPS) is 11.3. The van der Waals surface area contributed by atoms with E-state index in [4.69, 9.17) is 14.4 Å². The average molecular weight is 551 g/mol. The Kier molecular flexibility index (Phi) is 6.12. The monoisotopic (exact) mass is 550 g/mol. The van der Waals surface area contributed by atoms with Crippen LogP contribution in [0.25, 0.3) is 78.1 Å². The predicted molar refractivity (Wildman–Crippen MR) is 176 cm³/mol. The molecule has 0 atom stereocenters. The van der Waals surface area contributed by atoms with E-state index in [-0.39, 0.29) is 0 Å². The van der Waals surface area contributed by atoms with Crippen molar-refractivity contribution in [2.75, 3.05) is 0 Å². The van der Waals surface area contributed by atoms with Gasteiger partial charge in [-0.3, -0.25) is 0 Å². The van der Waals surface area contributed by atoms with E-state index in [1.165, 1.54) is 16.7 Å². The lowest BCUT2D eigenvalue weighted by molar-refractivity contribution is 0.670. The van der Waals surface area contributed by atoms with Crippen molar-refractivity contribution in [3.63, 3.8) is 0 Å². The van der Waals surface area contributed by atoms with Crippen LogP contribution < -0.4 is 0 Å². The van der Waals surface area contributed by atoms with Crippen molar-refractivity contribution in [3.05, 3.63) is 158 Å². The number of benzene rings is 6. The smallest absolute Gasteiger partial charge is 0.160 e. The molecule has 0 N–H and O–H groups in total. The Morgan fingerprint density at radius 1 is 0.372 bits per heavy atom. The van der Waals surface area contributed by atoms with Crippen LogP contribution in [0.4, 0.5) is 0 Å². The molecule has 0 spiro atoms. The summed E-state index contributed by atoms with van der Waals surface area (Å²) >= 11 is 0. The lowest BCUT2D eigenvalue weighted by atomic mass is 10.0. The van der Waals surface area contributed by atoms with Crippen molar-refractivity contribution in [1.29, 1.82) is 0 Å². The van der Waals surface area contributed by atoms with Gasteiger partial charge >= 0.3 is 0 Å². The van der Waals surface area contributed by atoms with Gasteiger partial charge in [-0.05, 0) is 40.5 Å². The maximum absolute atomic E-state index is 6.40. The fourth-order valence-corrected chi connectivity index (χ4v) is 5.72. The van der Waals surface area contributed by atoms with Gasteiger partial charge in [-0.1, -0.05) is 140 Å². The van der Waals surface area contributed by atoms with Crippen LogP contribution in [-0.2, 0) is 0 Å². The second-order valence-electron chi connectivity index (χ2n) is 10.6. The highest BCUT2D eigenvalue weighted by atomic mass is 16.3. The minimum Gasteiger partial charge on any atom is -0.455 e. The molecule has 3 nitrogen and oxygen atoms in total. The van der Waals surface area contributed by atoms with Crippen LogP contribution in [0.2, 0.25) is 0 Å². The molecule has 0 amide bonds. The standard InChI is InChI=1S/C40H26N2O/c1-3-10-27(11-4-1)29-18-22-31(23-19-29)36-26-37(35-16-9-15-34-33-14-7-8-17-38(33)43-39(34)35)42-40(41-36)32-24-20-30(21-25-32)28-12-5-2-6-13-28/h1-26H. The SMILES string of the molecule is c1ccc(-c2ccc(-c3cc(-c4cccc5c4oc4ccccc45)nc(-c4ccc(-c5ccccc5)cc4)n3)cc2)cc1. The Bertz CT molecular complexity index is 2100. The molecule has 2 aromatic heterocycles. The van der Waals surface area contributed by atoms with Gasteiger partial charge in [-0.15, -0.1) is 0 Å². The number of fused-ring (bicyclic) bond motifs is 3. The molecular weight excluding hydrogens is 524 g/mol. The zero-order chi connectivity index (χ0) is 28.6. The predicted octanol–water partition coefficient (Wildman–Crippen LogP) is 10.7. The van der Waals surface area contributed by atoms with E-state index in [9.17, 15) is 0 Å². The highest BCUT2D eigenvalue weighted by Crippen LogP contribution is 2.37. The molecule has 0 aliphatic carbocycles. The number of nitrogens with zero attached hydrogens (tertiary/aromatic N) is 2. The number of para-hydroxylation sites is 2. The summed E-state index contributed by atoms with van der Waals surface area (Å²) in [5.74, 6) is 0.673. The molecule has 3 heteroatoms. The van der Waals surface area contributed by atoms with Crippen LogP contribution in [0.1, 0.15) is 0 Å². The van der Waals surface area contributed by atoms with E-state index in [0.29, 0.717) is 5.82 Å². The highest BCUT2D eigenvalue weighted by Gasteiger charge is 2.16. The molecule has 2 heterocycles. The topological polar surface area (TPSA) is 38.9 Å². The van der Waals surface area contributed by atoms with E-state index in [0.717, 1.165) is 55.6 Å². The molecule has 0 bridgehead atoms. The third-order valence-electron chi connectivity index (χ3n) is 7.94. The summed E-state index contributed by atoms with van der Waals surface area (Å²) in [6.45, 7) is 0. The summed E-state index contributed by atoms with van der Waals surface area (Å²) in [7, 11) is 0. The van der Waals surface area contributed by atoms with Gasteiger partial charge in [0.15, 0.2) is 5.82 Å². The van der Waals surface area contributed by atoms with E-state index in [1.54, 1.807) is 0 Å². The van der Waals surface area contributed by atoms with Gasteiger partial charge in [-0.25, -0.2) is 9.97 Å². The molecule has 0 aliphatic heterocycles. The first kappa shape index (κ1) is 25.0. The number of hydrogen-bond acceptors (Lipinski definition) is 3. The molecule has 8 aromatic rings. The zero-order valence-electron chi connectivity index (χ0n) is 23.3. The molecule has 0 saturated carbocycles. The lowest BCUT2D eigenvalue weighted by Gasteiger charge is -2.11. The van der Waals surface area contributed by atoms with Gasteiger partial charge < -0.3 is 4.42 Å². The van der Waals surface area contributed by atoms with Crippen molar-refractivity contribution >= 4 is 21.9 Å². The van der Waals surface area contributed by atoms with Crippen molar-refractivity contribution in [1.82, 2.24) is 9.97 Å². The maximum Gasteiger partial charge on any atom is 0.160 e. The first-order valence-corrected chi connectivity index (χ1v) is 14.4. The minimum atomic E-state index is 0.673. The molecule has 0 unspecified atom stereocenters. The van der Waals surface area contributed by atoms with Crippen LogP contribution in [0, 0.1) is 0 Å². The summed E-state index contributed by atoms with van der Waals surface area (Å²) in [6, 6.07) is 54.4. The van der Waals surface area contributed by atoms with Crippen LogP contribution in [-0.4, -0.2) is 9.97 Å². The van der Waals surface area contributed by atoms with Crippen molar-refractivity contribution in [2.45, 2.75) is 0 Å². The average Bonchev–Trinajstić information content (AvgIpc) is 3.48. The second kappa shape index (κ2) is 10.6. The van der Waals surface area contributed by atoms with E-state index in [1.807, 2.05) is 30.3 Å². The van der Waals surface area contributed by atoms with Crippen molar-refractivity contribution in [3.8, 4) is 56.2 Å². The Morgan fingerprint density at radius 3 is 1.56 bits per heavy atom. The number of rotatable bonds is 5. The zero-order valence-corrected chi connectivity index (χ0v) is 23.3. The van der Waals surface area contributed by atoms with E-state index >= 15 is 0 Å². The van der Waals surface area contributed by atoms with Gasteiger partial charge in [0.1, 0.15) is 11.2 Å². The quantitative estimate of drug-likeness (QED) is 0.214. The summed E-state index contributed by atoms with van der Waals surface area (Å²) < 4.78 is 6.40. The maximum atomic E-state index is 6.40. The Hall–Kier alpha value is -5.80. The molecular formula is C40H26N2O. The van der Waals surface area contributed by atoms with E-state index in [2.05, 4.69) is 127 Å².